The zero-order valence-corrected chi connectivity index (χ0v) is 23.6. The molecule has 0 amide bonds. The molecule has 204 valence electrons. The Labute approximate surface area is 217 Å². The normalized spacial score (nSPS) is 19.1. The maximum absolute atomic E-state index is 11.9. The number of fused-ring (bicyclic) bond motifs is 2. The molecule has 0 aromatic carbocycles. The van der Waals surface area contributed by atoms with Crippen LogP contribution in [-0.2, 0) is 10.1 Å². The van der Waals surface area contributed by atoms with Crippen molar-refractivity contribution in [2.45, 2.75) is 159 Å². The summed E-state index contributed by atoms with van der Waals surface area (Å²) in [4.78, 5) is 0.661. The van der Waals surface area contributed by atoms with E-state index in [1.807, 2.05) is 17.1 Å². The van der Waals surface area contributed by atoms with Crippen molar-refractivity contribution < 1.29 is 13.0 Å². The topological polar surface area (TPSA) is 57.6 Å². The smallest absolute Gasteiger partial charge is 0.293 e. The summed E-state index contributed by atoms with van der Waals surface area (Å²) in [6.45, 7) is 2.99. The molecule has 2 rings (SSSR count). The molecule has 35 heavy (non-hydrogen) atoms. The fraction of sp³-hybridized carbons (Fsp3) is 0.867. The highest BCUT2D eigenvalue weighted by Crippen LogP contribution is 2.43. The van der Waals surface area contributed by atoms with Crippen molar-refractivity contribution >= 4 is 10.1 Å². The van der Waals surface area contributed by atoms with E-state index in [4.69, 9.17) is 0 Å². The fourth-order valence-corrected chi connectivity index (χ4v) is 6.76. The first-order valence-corrected chi connectivity index (χ1v) is 16.6. The summed E-state index contributed by atoms with van der Waals surface area (Å²) in [5.41, 5.74) is 0.950. The van der Waals surface area contributed by atoms with Crippen LogP contribution in [0.5, 0.6) is 0 Å². The Morgan fingerprint density at radius 2 is 1.06 bits per heavy atom. The first kappa shape index (κ1) is 30.4. The molecule has 2 bridgehead atoms. The third-order valence-electron chi connectivity index (χ3n) is 8.07. The van der Waals surface area contributed by atoms with E-state index < -0.39 is 15.0 Å². The lowest BCUT2D eigenvalue weighted by Crippen LogP contribution is -2.46. The van der Waals surface area contributed by atoms with Crippen LogP contribution in [-0.4, -0.2) is 29.3 Å². The molecule has 2 aliphatic rings. The van der Waals surface area contributed by atoms with Crippen molar-refractivity contribution in [3.05, 3.63) is 23.9 Å². The fourth-order valence-electron chi connectivity index (χ4n) is 5.75. The zero-order chi connectivity index (χ0) is 25.2. The van der Waals surface area contributed by atoms with Crippen molar-refractivity contribution in [3.63, 3.8) is 0 Å². The SMILES string of the molecule is CCCCCCCCCCCCCCCCCCCCCCCCN1C2=CCC1(S(=O)(=O)O)C=C2. The number of hydrogen-bond acceptors (Lipinski definition) is 3. The monoisotopic (exact) mass is 509 g/mol. The molecule has 5 heteroatoms. The van der Waals surface area contributed by atoms with Gasteiger partial charge in [-0.25, -0.2) is 0 Å². The third kappa shape index (κ3) is 11.0. The molecule has 0 saturated heterocycles. The van der Waals surface area contributed by atoms with E-state index in [1.165, 1.54) is 128 Å². The molecule has 1 atom stereocenters. The van der Waals surface area contributed by atoms with Crippen molar-refractivity contribution in [2.24, 2.45) is 0 Å². The van der Waals surface area contributed by atoms with E-state index in [1.54, 1.807) is 6.08 Å². The first-order valence-electron chi connectivity index (χ1n) is 15.2. The Bertz CT molecular complexity index is 715. The average Bonchev–Trinajstić information content (AvgIpc) is 3.38. The highest BCUT2D eigenvalue weighted by atomic mass is 32.2. The van der Waals surface area contributed by atoms with E-state index >= 15 is 0 Å². The minimum Gasteiger partial charge on any atom is -0.347 e. The molecule has 0 saturated carbocycles. The summed E-state index contributed by atoms with van der Waals surface area (Å²) in [7, 11) is -4.11. The van der Waals surface area contributed by atoms with Crippen LogP contribution in [0, 0.1) is 0 Å². The van der Waals surface area contributed by atoms with Gasteiger partial charge in [-0.2, -0.15) is 8.42 Å². The molecule has 0 aliphatic carbocycles. The second kappa shape index (κ2) is 17.6. The van der Waals surface area contributed by atoms with Gasteiger partial charge in [0.1, 0.15) is 0 Å². The van der Waals surface area contributed by atoms with Gasteiger partial charge < -0.3 is 4.90 Å². The van der Waals surface area contributed by atoms with E-state index in [2.05, 4.69) is 6.92 Å². The first-order chi connectivity index (χ1) is 17.0. The van der Waals surface area contributed by atoms with Gasteiger partial charge in [0, 0.05) is 18.7 Å². The van der Waals surface area contributed by atoms with Crippen LogP contribution in [0.4, 0.5) is 0 Å². The number of allylic oxidation sites excluding steroid dienone is 1. The number of unbranched alkanes of at least 4 members (excludes halogenated alkanes) is 21. The van der Waals surface area contributed by atoms with Gasteiger partial charge in [-0.15, -0.1) is 0 Å². The van der Waals surface area contributed by atoms with Crippen LogP contribution in [0.15, 0.2) is 23.9 Å². The molecule has 2 aliphatic heterocycles. The Hall–Kier alpha value is -0.810. The Morgan fingerprint density at radius 1 is 0.686 bits per heavy atom. The molecule has 2 heterocycles. The molecule has 0 spiro atoms. The second-order valence-electron chi connectivity index (χ2n) is 11.1. The second-order valence-corrected chi connectivity index (χ2v) is 12.7. The summed E-state index contributed by atoms with van der Waals surface area (Å²) >= 11 is 0. The van der Waals surface area contributed by atoms with Crippen LogP contribution in [0.3, 0.4) is 0 Å². The third-order valence-corrected chi connectivity index (χ3v) is 9.49. The van der Waals surface area contributed by atoms with Gasteiger partial charge in [-0.1, -0.05) is 148 Å². The van der Waals surface area contributed by atoms with E-state index in [0.29, 0.717) is 13.0 Å². The predicted molar refractivity (Wildman–Crippen MR) is 150 cm³/mol. The van der Waals surface area contributed by atoms with Gasteiger partial charge in [0.15, 0.2) is 4.87 Å². The van der Waals surface area contributed by atoms with Crippen LogP contribution in [0.1, 0.15) is 155 Å². The maximum atomic E-state index is 11.9. The van der Waals surface area contributed by atoms with Gasteiger partial charge >= 0.3 is 0 Å². The number of hydrogen-bond donors (Lipinski definition) is 1. The lowest BCUT2D eigenvalue weighted by Gasteiger charge is -2.32. The highest BCUT2D eigenvalue weighted by molar-refractivity contribution is 7.87. The molecule has 4 nitrogen and oxygen atoms in total. The Kier molecular flexibility index (Phi) is 15.3. The molecular formula is C30H55NO3S. The zero-order valence-electron chi connectivity index (χ0n) is 22.8. The molecule has 0 aromatic rings. The van der Waals surface area contributed by atoms with Crippen molar-refractivity contribution in [1.82, 2.24) is 4.90 Å². The summed E-state index contributed by atoms with van der Waals surface area (Å²) < 4.78 is 33.4. The van der Waals surface area contributed by atoms with Gasteiger partial charge in [0.05, 0.1) is 0 Å². The lowest BCUT2D eigenvalue weighted by atomic mass is 10.0. The largest absolute Gasteiger partial charge is 0.347 e. The van der Waals surface area contributed by atoms with E-state index in [9.17, 15) is 13.0 Å². The van der Waals surface area contributed by atoms with E-state index in [0.717, 1.165) is 18.5 Å². The number of rotatable bonds is 24. The quantitative estimate of drug-likeness (QED) is 0.104. The highest BCUT2D eigenvalue weighted by Gasteiger charge is 2.52. The molecule has 0 fully saturated rings. The van der Waals surface area contributed by atoms with E-state index in [-0.39, 0.29) is 0 Å². The maximum Gasteiger partial charge on any atom is 0.293 e. The summed E-state index contributed by atoms with van der Waals surface area (Å²) in [5.74, 6) is 0. The minimum atomic E-state index is -4.11. The predicted octanol–water partition coefficient (Wildman–Crippen LogP) is 9.33. The summed E-state index contributed by atoms with van der Waals surface area (Å²) in [5, 5.41) is 0. The van der Waals surface area contributed by atoms with Crippen molar-refractivity contribution in [3.8, 4) is 0 Å². The van der Waals surface area contributed by atoms with Gasteiger partial charge in [-0.3, -0.25) is 4.55 Å². The number of nitrogens with zero attached hydrogens (tertiary/aromatic N) is 1. The molecule has 1 unspecified atom stereocenters. The van der Waals surface area contributed by atoms with Gasteiger partial charge in [0.2, 0.25) is 0 Å². The van der Waals surface area contributed by atoms with Crippen LogP contribution < -0.4 is 0 Å². The van der Waals surface area contributed by atoms with Gasteiger partial charge in [-0.05, 0) is 18.6 Å². The summed E-state index contributed by atoms with van der Waals surface area (Å²) in [6, 6.07) is 0. The van der Waals surface area contributed by atoms with Crippen molar-refractivity contribution in [1.29, 1.82) is 0 Å². The van der Waals surface area contributed by atoms with Crippen molar-refractivity contribution in [2.75, 3.05) is 6.54 Å². The molecule has 0 radical (unpaired) electrons. The average molecular weight is 510 g/mol. The molecular weight excluding hydrogens is 454 g/mol. The molecule has 0 aromatic heterocycles. The Balaban J connectivity index is 1.28. The minimum absolute atomic E-state index is 0.372. The van der Waals surface area contributed by atoms with Crippen LogP contribution in [0.2, 0.25) is 0 Å². The summed E-state index contributed by atoms with van der Waals surface area (Å²) in [6.07, 6.45) is 35.9. The molecule has 1 N–H and O–H groups in total. The lowest BCUT2D eigenvalue weighted by molar-refractivity contribution is 0.271. The standard InChI is InChI=1S/C30H55NO3S/c1-2-3-4-5-6-7-8-9-10-11-12-13-14-15-16-17-18-19-20-21-22-23-28-31-29-24-26-30(31,27-25-29)35(32,33)34/h24-26H,2-23,27-28H2,1H3,(H,32,33,34). The van der Waals surface area contributed by atoms with Gasteiger partial charge in [0.25, 0.3) is 10.1 Å². The van der Waals surface area contributed by atoms with Crippen LogP contribution >= 0.6 is 0 Å². The Morgan fingerprint density at radius 3 is 1.37 bits per heavy atom. The van der Waals surface area contributed by atoms with Crippen LogP contribution in [0.25, 0.3) is 0 Å².